The lowest BCUT2D eigenvalue weighted by molar-refractivity contribution is 0.0692. The minimum absolute atomic E-state index is 0.0140. The Bertz CT molecular complexity index is 752. The number of nitrogen functional groups attached to an aromatic ring is 1. The molecule has 0 unspecified atom stereocenters. The molecule has 0 atom stereocenters. The van der Waals surface area contributed by atoms with E-state index < -0.39 is 11.9 Å². The second-order valence-electron chi connectivity index (χ2n) is 5.26. The van der Waals surface area contributed by atoms with Gasteiger partial charge in [0.15, 0.2) is 0 Å². The number of nitrogens with one attached hydrogen (secondary N) is 1. The van der Waals surface area contributed by atoms with Gasteiger partial charge in [-0.3, -0.25) is 4.79 Å². The number of aromatic carboxylic acids is 1. The molecule has 1 aromatic carbocycles. The van der Waals surface area contributed by atoms with Crippen LogP contribution >= 0.6 is 11.3 Å². The van der Waals surface area contributed by atoms with Crippen LogP contribution in [0.4, 0.5) is 10.7 Å². The Morgan fingerprint density at radius 2 is 1.82 bits per heavy atom. The van der Waals surface area contributed by atoms with Gasteiger partial charge in [-0.1, -0.05) is 12.1 Å². The number of hydrogen-bond acceptors (Lipinski definition) is 4. The zero-order chi connectivity index (χ0) is 15.7. The first-order valence-electron chi connectivity index (χ1n) is 7.11. The molecule has 6 heteroatoms. The number of rotatable bonds is 3. The number of amides is 1. The van der Waals surface area contributed by atoms with Crippen LogP contribution in [0.25, 0.3) is 0 Å². The fourth-order valence-electron chi connectivity index (χ4n) is 2.72. The number of carbonyl (C=O) groups excluding carboxylic acids is 1. The topological polar surface area (TPSA) is 92.4 Å². The lowest BCUT2D eigenvalue weighted by atomic mass is 9.98. The molecule has 114 valence electrons. The fraction of sp³-hybridized carbons (Fsp3) is 0.250. The molecule has 4 N–H and O–H groups in total. The minimum Gasteiger partial charge on any atom is -0.478 e. The van der Waals surface area contributed by atoms with E-state index in [4.69, 9.17) is 10.8 Å². The standard InChI is InChI=1S/C16H16N2O3S/c17-13-11-7-3-4-8-12(11)22-15(13)18-14(19)9-5-1-2-6-10(9)16(20)21/h1-2,5-6H,3-4,7-8,17H2,(H,18,19)(H,20,21). The molecule has 0 fully saturated rings. The highest BCUT2D eigenvalue weighted by molar-refractivity contribution is 7.17. The van der Waals surface area contributed by atoms with Crippen molar-refractivity contribution < 1.29 is 14.7 Å². The van der Waals surface area contributed by atoms with Gasteiger partial charge in [0.1, 0.15) is 5.00 Å². The number of carboxylic acids is 1. The van der Waals surface area contributed by atoms with E-state index in [9.17, 15) is 9.59 Å². The summed E-state index contributed by atoms with van der Waals surface area (Å²) in [5.41, 5.74) is 8.02. The molecule has 1 amide bonds. The highest BCUT2D eigenvalue weighted by Crippen LogP contribution is 2.40. The smallest absolute Gasteiger partial charge is 0.336 e. The number of fused-ring (bicyclic) bond motifs is 1. The summed E-state index contributed by atoms with van der Waals surface area (Å²) in [7, 11) is 0. The first kappa shape index (κ1) is 14.6. The second-order valence-corrected chi connectivity index (χ2v) is 6.36. The Kier molecular flexibility index (Phi) is 3.85. The average molecular weight is 316 g/mol. The second kappa shape index (κ2) is 5.81. The molecular weight excluding hydrogens is 300 g/mol. The Morgan fingerprint density at radius 1 is 1.14 bits per heavy atom. The number of benzene rings is 1. The fourth-order valence-corrected chi connectivity index (χ4v) is 3.93. The Morgan fingerprint density at radius 3 is 2.50 bits per heavy atom. The molecule has 0 saturated carbocycles. The third-order valence-corrected chi connectivity index (χ3v) is 5.06. The average Bonchev–Trinajstić information content (AvgIpc) is 2.84. The van der Waals surface area contributed by atoms with Gasteiger partial charge in [0.25, 0.3) is 5.91 Å². The quantitative estimate of drug-likeness (QED) is 0.811. The molecule has 2 aromatic rings. The van der Waals surface area contributed by atoms with Crippen LogP contribution in [-0.2, 0) is 12.8 Å². The maximum absolute atomic E-state index is 12.4. The Hall–Kier alpha value is -2.34. The SMILES string of the molecule is Nc1c(NC(=O)c2ccccc2C(=O)O)sc2c1CCCC2. The first-order valence-corrected chi connectivity index (χ1v) is 7.93. The van der Waals surface area contributed by atoms with E-state index in [0.717, 1.165) is 31.2 Å². The van der Waals surface area contributed by atoms with Crippen LogP contribution in [-0.4, -0.2) is 17.0 Å². The minimum atomic E-state index is -1.12. The van der Waals surface area contributed by atoms with Crippen molar-refractivity contribution in [3.8, 4) is 0 Å². The van der Waals surface area contributed by atoms with Crippen molar-refractivity contribution in [2.45, 2.75) is 25.7 Å². The summed E-state index contributed by atoms with van der Waals surface area (Å²) in [6.45, 7) is 0. The van der Waals surface area contributed by atoms with Crippen LogP contribution in [0.2, 0.25) is 0 Å². The third-order valence-electron chi connectivity index (χ3n) is 3.84. The van der Waals surface area contributed by atoms with Crippen molar-refractivity contribution in [1.29, 1.82) is 0 Å². The largest absolute Gasteiger partial charge is 0.478 e. The van der Waals surface area contributed by atoms with Crippen molar-refractivity contribution >= 4 is 33.9 Å². The lowest BCUT2D eigenvalue weighted by Crippen LogP contribution is -2.16. The molecule has 0 spiro atoms. The van der Waals surface area contributed by atoms with Gasteiger partial charge in [-0.05, 0) is 43.4 Å². The zero-order valence-corrected chi connectivity index (χ0v) is 12.7. The summed E-state index contributed by atoms with van der Waals surface area (Å²) in [5.74, 6) is -1.56. The van der Waals surface area contributed by atoms with Gasteiger partial charge in [0.2, 0.25) is 0 Å². The maximum atomic E-state index is 12.4. The van der Waals surface area contributed by atoms with Gasteiger partial charge in [-0.15, -0.1) is 11.3 Å². The maximum Gasteiger partial charge on any atom is 0.336 e. The Balaban J connectivity index is 1.89. The number of anilines is 2. The van der Waals surface area contributed by atoms with Gasteiger partial charge >= 0.3 is 5.97 Å². The summed E-state index contributed by atoms with van der Waals surface area (Å²) in [5, 5.41) is 12.6. The van der Waals surface area contributed by atoms with E-state index >= 15 is 0 Å². The first-order chi connectivity index (χ1) is 10.6. The van der Waals surface area contributed by atoms with Gasteiger partial charge < -0.3 is 16.2 Å². The van der Waals surface area contributed by atoms with Crippen LogP contribution < -0.4 is 11.1 Å². The van der Waals surface area contributed by atoms with Crippen LogP contribution in [0.1, 0.15) is 44.0 Å². The molecular formula is C16H16N2O3S. The molecule has 3 rings (SSSR count). The van der Waals surface area contributed by atoms with Crippen molar-refractivity contribution in [1.82, 2.24) is 0 Å². The highest BCUT2D eigenvalue weighted by atomic mass is 32.1. The number of hydrogen-bond donors (Lipinski definition) is 3. The van der Waals surface area contributed by atoms with E-state index in [1.54, 1.807) is 12.1 Å². The summed E-state index contributed by atoms with van der Waals surface area (Å²) < 4.78 is 0. The van der Waals surface area contributed by atoms with Gasteiger partial charge in [-0.25, -0.2) is 4.79 Å². The lowest BCUT2D eigenvalue weighted by Gasteiger charge is -2.10. The van der Waals surface area contributed by atoms with Crippen molar-refractivity contribution in [2.24, 2.45) is 0 Å². The molecule has 1 aliphatic carbocycles. The molecule has 0 saturated heterocycles. The number of thiophene rings is 1. The van der Waals surface area contributed by atoms with Crippen LogP contribution in [0.5, 0.6) is 0 Å². The highest BCUT2D eigenvalue weighted by Gasteiger charge is 2.22. The van der Waals surface area contributed by atoms with E-state index in [1.165, 1.54) is 28.3 Å². The van der Waals surface area contributed by atoms with E-state index in [-0.39, 0.29) is 11.1 Å². The Labute approximate surface area is 131 Å². The predicted molar refractivity (Wildman–Crippen MR) is 86.7 cm³/mol. The molecule has 0 radical (unpaired) electrons. The van der Waals surface area contributed by atoms with Crippen molar-refractivity contribution in [3.63, 3.8) is 0 Å². The van der Waals surface area contributed by atoms with E-state index in [0.29, 0.717) is 10.7 Å². The van der Waals surface area contributed by atoms with E-state index in [1.807, 2.05) is 0 Å². The molecule has 0 aliphatic heterocycles. The zero-order valence-electron chi connectivity index (χ0n) is 11.9. The van der Waals surface area contributed by atoms with Gasteiger partial charge in [0, 0.05) is 4.88 Å². The number of carboxylic acid groups (broad SMARTS) is 1. The molecule has 1 aromatic heterocycles. The monoisotopic (exact) mass is 316 g/mol. The van der Waals surface area contributed by atoms with Crippen molar-refractivity contribution in [3.05, 3.63) is 45.8 Å². The van der Waals surface area contributed by atoms with Crippen LogP contribution in [0.15, 0.2) is 24.3 Å². The normalized spacial score (nSPS) is 13.5. The number of aryl methyl sites for hydroxylation is 1. The predicted octanol–water partition coefficient (Wildman–Crippen LogP) is 3.16. The third kappa shape index (κ3) is 2.57. The van der Waals surface area contributed by atoms with E-state index in [2.05, 4.69) is 5.32 Å². The van der Waals surface area contributed by atoms with Crippen LogP contribution in [0, 0.1) is 0 Å². The molecule has 22 heavy (non-hydrogen) atoms. The summed E-state index contributed by atoms with van der Waals surface area (Å²) in [6.07, 6.45) is 4.19. The molecule has 1 heterocycles. The summed E-state index contributed by atoms with van der Waals surface area (Å²) >= 11 is 1.49. The van der Waals surface area contributed by atoms with Crippen LogP contribution in [0.3, 0.4) is 0 Å². The van der Waals surface area contributed by atoms with Crippen molar-refractivity contribution in [2.75, 3.05) is 11.1 Å². The summed E-state index contributed by atoms with van der Waals surface area (Å²) in [6, 6.07) is 6.16. The van der Waals surface area contributed by atoms with Gasteiger partial charge in [0.05, 0.1) is 16.8 Å². The molecule has 5 nitrogen and oxygen atoms in total. The molecule has 1 aliphatic rings. The number of carbonyl (C=O) groups is 2. The molecule has 0 bridgehead atoms. The van der Waals surface area contributed by atoms with Gasteiger partial charge in [-0.2, -0.15) is 0 Å². The number of nitrogens with two attached hydrogens (primary N) is 1. The summed E-state index contributed by atoms with van der Waals surface area (Å²) in [4.78, 5) is 24.8.